The average molecular weight is 428 g/mol. The SMILES string of the molecule is CC(c1ccccc1)n1c(-c2ccccc2F)nc2sc3ccccc3c(=O)c2c1=O. The molecule has 152 valence electrons. The summed E-state index contributed by atoms with van der Waals surface area (Å²) in [5.74, 6) is -0.270. The Hall–Kier alpha value is -3.64. The highest BCUT2D eigenvalue weighted by atomic mass is 32.1. The molecule has 0 saturated carbocycles. The van der Waals surface area contributed by atoms with Crippen LogP contribution < -0.4 is 11.0 Å². The van der Waals surface area contributed by atoms with Gasteiger partial charge in [0.25, 0.3) is 5.56 Å². The zero-order valence-corrected chi connectivity index (χ0v) is 17.4. The Balaban J connectivity index is 1.94. The molecule has 31 heavy (non-hydrogen) atoms. The number of fused-ring (bicyclic) bond motifs is 2. The van der Waals surface area contributed by atoms with Crippen LogP contribution in [0.3, 0.4) is 0 Å². The van der Waals surface area contributed by atoms with Gasteiger partial charge in [-0.2, -0.15) is 0 Å². The molecule has 0 saturated heterocycles. The fourth-order valence-corrected chi connectivity index (χ4v) is 4.88. The lowest BCUT2D eigenvalue weighted by atomic mass is 10.1. The number of hydrogen-bond donors (Lipinski definition) is 0. The lowest BCUT2D eigenvalue weighted by Crippen LogP contribution is -2.30. The van der Waals surface area contributed by atoms with Crippen molar-refractivity contribution in [1.29, 1.82) is 0 Å². The molecule has 0 aliphatic carbocycles. The second-order valence-electron chi connectivity index (χ2n) is 7.28. The van der Waals surface area contributed by atoms with Crippen LogP contribution in [0.25, 0.3) is 31.7 Å². The van der Waals surface area contributed by atoms with E-state index in [-0.39, 0.29) is 22.2 Å². The highest BCUT2D eigenvalue weighted by molar-refractivity contribution is 7.24. The monoisotopic (exact) mass is 428 g/mol. The molecule has 5 rings (SSSR count). The molecule has 0 amide bonds. The van der Waals surface area contributed by atoms with Gasteiger partial charge in [0.1, 0.15) is 21.9 Å². The number of benzene rings is 3. The summed E-state index contributed by atoms with van der Waals surface area (Å²) in [6.07, 6.45) is 0. The molecule has 1 atom stereocenters. The van der Waals surface area contributed by atoms with E-state index in [2.05, 4.69) is 4.98 Å². The highest BCUT2D eigenvalue weighted by Gasteiger charge is 2.23. The molecule has 0 N–H and O–H groups in total. The third kappa shape index (κ3) is 3.16. The number of aromatic nitrogens is 2. The summed E-state index contributed by atoms with van der Waals surface area (Å²) in [6, 6.07) is 22.4. The van der Waals surface area contributed by atoms with E-state index in [1.165, 1.54) is 22.0 Å². The molecule has 0 aliphatic rings. The minimum Gasteiger partial charge on any atom is -0.288 e. The summed E-state index contributed by atoms with van der Waals surface area (Å²) in [5, 5.41) is 0.517. The van der Waals surface area contributed by atoms with Crippen LogP contribution in [0.1, 0.15) is 18.5 Å². The van der Waals surface area contributed by atoms with E-state index in [0.29, 0.717) is 10.2 Å². The van der Waals surface area contributed by atoms with Crippen molar-refractivity contribution in [2.45, 2.75) is 13.0 Å². The quantitative estimate of drug-likeness (QED) is 0.362. The van der Waals surface area contributed by atoms with Crippen LogP contribution in [0.2, 0.25) is 0 Å². The van der Waals surface area contributed by atoms with Crippen molar-refractivity contribution in [2.75, 3.05) is 0 Å². The lowest BCUT2D eigenvalue weighted by molar-refractivity contribution is 0.601. The van der Waals surface area contributed by atoms with Crippen molar-refractivity contribution in [3.8, 4) is 11.4 Å². The lowest BCUT2D eigenvalue weighted by Gasteiger charge is -2.20. The van der Waals surface area contributed by atoms with Crippen molar-refractivity contribution >= 4 is 31.6 Å². The fraction of sp³-hybridized carbons (Fsp3) is 0.0800. The van der Waals surface area contributed by atoms with E-state index in [0.717, 1.165) is 10.3 Å². The molecule has 3 aromatic carbocycles. The van der Waals surface area contributed by atoms with Crippen LogP contribution >= 0.6 is 11.3 Å². The first-order valence-electron chi connectivity index (χ1n) is 9.84. The zero-order chi connectivity index (χ0) is 21.5. The molecule has 0 aliphatic heterocycles. The first-order chi connectivity index (χ1) is 15.1. The van der Waals surface area contributed by atoms with Gasteiger partial charge in [0.2, 0.25) is 5.43 Å². The molecule has 0 spiro atoms. The molecule has 2 heterocycles. The molecule has 0 fully saturated rings. The maximum absolute atomic E-state index is 14.8. The van der Waals surface area contributed by atoms with Gasteiger partial charge in [-0.25, -0.2) is 9.37 Å². The van der Waals surface area contributed by atoms with Gasteiger partial charge >= 0.3 is 0 Å². The Bertz CT molecular complexity index is 1560. The number of nitrogens with zero attached hydrogens (tertiary/aromatic N) is 2. The Labute approximate surface area is 180 Å². The fourth-order valence-electron chi connectivity index (χ4n) is 3.84. The van der Waals surface area contributed by atoms with Crippen molar-refractivity contribution in [1.82, 2.24) is 9.55 Å². The van der Waals surface area contributed by atoms with Gasteiger partial charge in [-0.15, -0.1) is 11.3 Å². The third-order valence-electron chi connectivity index (χ3n) is 5.43. The topological polar surface area (TPSA) is 52.0 Å². The van der Waals surface area contributed by atoms with E-state index < -0.39 is 17.4 Å². The number of rotatable bonds is 3. The van der Waals surface area contributed by atoms with E-state index in [1.807, 2.05) is 49.4 Å². The van der Waals surface area contributed by atoms with Crippen LogP contribution in [-0.2, 0) is 0 Å². The summed E-state index contributed by atoms with van der Waals surface area (Å²) < 4.78 is 16.9. The van der Waals surface area contributed by atoms with Gasteiger partial charge in [0, 0.05) is 10.1 Å². The van der Waals surface area contributed by atoms with Crippen molar-refractivity contribution < 1.29 is 4.39 Å². The Morgan fingerprint density at radius 2 is 1.58 bits per heavy atom. The van der Waals surface area contributed by atoms with E-state index in [4.69, 9.17) is 0 Å². The van der Waals surface area contributed by atoms with Crippen LogP contribution in [0.5, 0.6) is 0 Å². The van der Waals surface area contributed by atoms with E-state index in [9.17, 15) is 14.0 Å². The summed E-state index contributed by atoms with van der Waals surface area (Å²) in [5.41, 5.74) is 0.264. The van der Waals surface area contributed by atoms with Gasteiger partial charge in [-0.1, -0.05) is 54.6 Å². The second-order valence-corrected chi connectivity index (χ2v) is 8.32. The third-order valence-corrected chi connectivity index (χ3v) is 6.50. The standard InChI is InChI=1S/C25H17FN2O2S/c1-15(16-9-3-2-4-10-16)28-23(17-11-5-7-13-19(17)26)27-24-21(25(28)30)22(29)18-12-6-8-14-20(18)31-24/h2-15H,1H3. The van der Waals surface area contributed by atoms with Gasteiger partial charge in [0.15, 0.2) is 0 Å². The Morgan fingerprint density at radius 3 is 2.35 bits per heavy atom. The molecule has 5 aromatic rings. The summed E-state index contributed by atoms with van der Waals surface area (Å²) in [4.78, 5) is 31.9. The van der Waals surface area contributed by atoms with Crippen LogP contribution in [-0.4, -0.2) is 9.55 Å². The highest BCUT2D eigenvalue weighted by Crippen LogP contribution is 2.29. The Morgan fingerprint density at radius 1 is 0.903 bits per heavy atom. The molecular weight excluding hydrogens is 411 g/mol. The summed E-state index contributed by atoms with van der Waals surface area (Å²) in [6.45, 7) is 1.85. The molecule has 6 heteroatoms. The van der Waals surface area contributed by atoms with Crippen LogP contribution in [0, 0.1) is 5.82 Å². The summed E-state index contributed by atoms with van der Waals surface area (Å²) in [7, 11) is 0. The van der Waals surface area contributed by atoms with Crippen molar-refractivity contribution in [3.05, 3.63) is 111 Å². The van der Waals surface area contributed by atoms with Crippen LogP contribution in [0.15, 0.2) is 88.5 Å². The largest absolute Gasteiger partial charge is 0.288 e. The minimum absolute atomic E-state index is 0.0339. The molecule has 1 unspecified atom stereocenters. The minimum atomic E-state index is -0.476. The molecule has 4 nitrogen and oxygen atoms in total. The number of hydrogen-bond acceptors (Lipinski definition) is 4. The molecule has 0 bridgehead atoms. The Kier molecular flexibility index (Phi) is 4.71. The van der Waals surface area contributed by atoms with Crippen molar-refractivity contribution in [2.24, 2.45) is 0 Å². The van der Waals surface area contributed by atoms with E-state index >= 15 is 0 Å². The number of halogens is 1. The predicted molar refractivity (Wildman–Crippen MR) is 123 cm³/mol. The second kappa shape index (κ2) is 7.56. The van der Waals surface area contributed by atoms with Gasteiger partial charge < -0.3 is 0 Å². The van der Waals surface area contributed by atoms with Gasteiger partial charge in [-0.3, -0.25) is 14.2 Å². The molecule has 2 aromatic heterocycles. The average Bonchev–Trinajstić information content (AvgIpc) is 2.79. The van der Waals surface area contributed by atoms with E-state index in [1.54, 1.807) is 30.3 Å². The maximum Gasteiger partial charge on any atom is 0.267 e. The normalized spacial score (nSPS) is 12.3. The smallest absolute Gasteiger partial charge is 0.267 e. The predicted octanol–water partition coefficient (Wildman–Crippen LogP) is 5.39. The maximum atomic E-state index is 14.8. The van der Waals surface area contributed by atoms with Gasteiger partial charge in [-0.05, 0) is 36.8 Å². The first kappa shape index (κ1) is 19.3. The van der Waals surface area contributed by atoms with Crippen LogP contribution in [0.4, 0.5) is 4.39 Å². The molecular formula is C25H17FN2O2S. The van der Waals surface area contributed by atoms with Gasteiger partial charge in [0.05, 0.1) is 11.6 Å². The molecule has 0 radical (unpaired) electrons. The first-order valence-corrected chi connectivity index (χ1v) is 10.7. The summed E-state index contributed by atoms with van der Waals surface area (Å²) >= 11 is 1.26. The van der Waals surface area contributed by atoms with Crippen molar-refractivity contribution in [3.63, 3.8) is 0 Å². The zero-order valence-electron chi connectivity index (χ0n) is 16.6.